The first-order chi connectivity index (χ1) is 11.8. The number of nitrogens with zero attached hydrogens (tertiary/aromatic N) is 1. The molecular formula is C21H13NO2Zn. The van der Waals surface area contributed by atoms with Crippen molar-refractivity contribution in [3.8, 4) is 17.0 Å². The van der Waals surface area contributed by atoms with Gasteiger partial charge in [0, 0.05) is 41.8 Å². The molecule has 0 saturated carbocycles. The van der Waals surface area contributed by atoms with Crippen molar-refractivity contribution < 1.29 is 29.0 Å². The summed E-state index contributed by atoms with van der Waals surface area (Å²) >= 11 is 0. The number of hydrogen-bond acceptors (Lipinski definition) is 3. The summed E-state index contributed by atoms with van der Waals surface area (Å²) in [5, 5.41) is 14.6. The molecule has 0 atom stereocenters. The third-order valence-electron chi connectivity index (χ3n) is 4.43. The van der Waals surface area contributed by atoms with Crippen molar-refractivity contribution in [2.24, 2.45) is 0 Å². The van der Waals surface area contributed by atoms with Gasteiger partial charge < -0.3 is 9.52 Å². The summed E-state index contributed by atoms with van der Waals surface area (Å²) in [5.41, 5.74) is 2.84. The molecular weight excluding hydrogens is 364 g/mol. The van der Waals surface area contributed by atoms with Gasteiger partial charge in [0.15, 0.2) is 0 Å². The fraction of sp³-hybridized carbons (Fsp3) is 0. The number of pyridine rings is 1. The topological polar surface area (TPSA) is 46.3 Å². The van der Waals surface area contributed by atoms with Gasteiger partial charge in [-0.05, 0) is 35.7 Å². The molecule has 0 aliphatic heterocycles. The molecule has 4 heteroatoms. The van der Waals surface area contributed by atoms with Gasteiger partial charge >= 0.3 is 0 Å². The quantitative estimate of drug-likeness (QED) is 0.393. The summed E-state index contributed by atoms with van der Waals surface area (Å²) in [6.45, 7) is 0. The Morgan fingerprint density at radius 2 is 1.48 bits per heavy atom. The molecule has 0 saturated heterocycles. The van der Waals surface area contributed by atoms with Gasteiger partial charge in [0.05, 0.1) is 11.3 Å². The van der Waals surface area contributed by atoms with E-state index in [1.165, 1.54) is 0 Å². The van der Waals surface area contributed by atoms with E-state index in [0.29, 0.717) is 16.8 Å². The van der Waals surface area contributed by atoms with Crippen molar-refractivity contribution in [2.75, 3.05) is 0 Å². The molecule has 25 heavy (non-hydrogen) atoms. The Balaban J connectivity index is 0.00000157. The van der Waals surface area contributed by atoms with Crippen LogP contribution in [0.2, 0.25) is 0 Å². The van der Waals surface area contributed by atoms with E-state index in [9.17, 15) is 5.11 Å². The fourth-order valence-electron chi connectivity index (χ4n) is 3.32. The normalized spacial score (nSPS) is 11.0. The standard InChI is InChI=1S/C21H13NO2.Zn/c23-18-11-10-16-15-9-8-13-5-1-2-6-14(13)20(15)24-21(16)19(18)17-7-3-4-12-22-17;/h1-12,23H;. The first kappa shape index (κ1) is 15.8. The van der Waals surface area contributed by atoms with Crippen LogP contribution in [-0.2, 0) is 19.5 Å². The van der Waals surface area contributed by atoms with Crippen LogP contribution in [0, 0.1) is 0 Å². The smallest absolute Gasteiger partial charge is 0.148 e. The van der Waals surface area contributed by atoms with Crippen molar-refractivity contribution in [3.05, 3.63) is 72.9 Å². The van der Waals surface area contributed by atoms with Gasteiger partial charge in [0.25, 0.3) is 0 Å². The van der Waals surface area contributed by atoms with Gasteiger partial charge in [-0.15, -0.1) is 0 Å². The van der Waals surface area contributed by atoms with Crippen LogP contribution in [-0.4, -0.2) is 10.1 Å². The first-order valence-corrected chi connectivity index (χ1v) is 7.80. The Morgan fingerprint density at radius 3 is 2.32 bits per heavy atom. The third kappa shape index (κ3) is 2.33. The monoisotopic (exact) mass is 375 g/mol. The van der Waals surface area contributed by atoms with Crippen LogP contribution in [0.1, 0.15) is 0 Å². The zero-order valence-electron chi connectivity index (χ0n) is 13.4. The van der Waals surface area contributed by atoms with Crippen LogP contribution < -0.4 is 0 Å². The number of rotatable bonds is 1. The van der Waals surface area contributed by atoms with E-state index in [0.717, 1.165) is 27.1 Å². The van der Waals surface area contributed by atoms with Crippen LogP contribution in [0.3, 0.4) is 0 Å². The van der Waals surface area contributed by atoms with E-state index in [2.05, 4.69) is 29.2 Å². The molecule has 0 aliphatic rings. The average molecular weight is 377 g/mol. The number of furan rings is 1. The van der Waals surface area contributed by atoms with Crippen LogP contribution in [0.4, 0.5) is 0 Å². The minimum atomic E-state index is 0. The molecule has 0 bridgehead atoms. The van der Waals surface area contributed by atoms with Crippen LogP contribution in [0.25, 0.3) is 44.0 Å². The van der Waals surface area contributed by atoms with Crippen molar-refractivity contribution in [2.45, 2.75) is 0 Å². The molecule has 0 radical (unpaired) electrons. The van der Waals surface area contributed by atoms with Crippen molar-refractivity contribution in [3.63, 3.8) is 0 Å². The molecule has 0 fully saturated rings. The summed E-state index contributed by atoms with van der Waals surface area (Å²) in [6, 6.07) is 21.6. The van der Waals surface area contributed by atoms with Gasteiger partial charge in [-0.2, -0.15) is 0 Å². The minimum Gasteiger partial charge on any atom is -0.507 e. The van der Waals surface area contributed by atoms with Crippen LogP contribution in [0.5, 0.6) is 5.75 Å². The summed E-state index contributed by atoms with van der Waals surface area (Å²) < 4.78 is 6.23. The summed E-state index contributed by atoms with van der Waals surface area (Å²) in [4.78, 5) is 4.37. The number of hydrogen-bond donors (Lipinski definition) is 1. The molecule has 3 aromatic carbocycles. The van der Waals surface area contributed by atoms with Gasteiger partial charge in [-0.3, -0.25) is 4.98 Å². The molecule has 2 aromatic heterocycles. The average Bonchev–Trinajstić information content (AvgIpc) is 3.01. The van der Waals surface area contributed by atoms with E-state index in [1.807, 2.05) is 36.4 Å². The molecule has 0 amide bonds. The number of phenols is 1. The zero-order valence-corrected chi connectivity index (χ0v) is 16.4. The van der Waals surface area contributed by atoms with E-state index >= 15 is 0 Å². The van der Waals surface area contributed by atoms with E-state index in [4.69, 9.17) is 4.42 Å². The summed E-state index contributed by atoms with van der Waals surface area (Å²) in [5.74, 6) is 0.171. The van der Waals surface area contributed by atoms with Crippen molar-refractivity contribution in [1.82, 2.24) is 4.98 Å². The number of phenolic OH excluding ortho intramolecular Hbond substituents is 1. The third-order valence-corrected chi connectivity index (χ3v) is 4.43. The fourth-order valence-corrected chi connectivity index (χ4v) is 3.32. The number of aromatic nitrogens is 1. The number of aromatic hydroxyl groups is 1. The Morgan fingerprint density at radius 1 is 0.720 bits per heavy atom. The van der Waals surface area contributed by atoms with Crippen LogP contribution >= 0.6 is 0 Å². The Bertz CT molecular complexity index is 1210. The van der Waals surface area contributed by atoms with E-state index in [1.54, 1.807) is 12.3 Å². The van der Waals surface area contributed by atoms with Gasteiger partial charge in [-0.1, -0.05) is 36.4 Å². The molecule has 5 rings (SSSR count). The Hall–Kier alpha value is -2.71. The zero-order chi connectivity index (χ0) is 16.1. The molecule has 1 N–H and O–H groups in total. The SMILES string of the molecule is Oc1ccc2c(oc3c4ccccc4ccc23)c1-c1ccccn1.[Zn]. The molecule has 116 valence electrons. The second-order valence-electron chi connectivity index (χ2n) is 5.82. The number of benzene rings is 3. The predicted octanol–water partition coefficient (Wildman–Crippen LogP) is 5.50. The molecule has 0 spiro atoms. The molecule has 0 aliphatic carbocycles. The van der Waals surface area contributed by atoms with E-state index < -0.39 is 0 Å². The predicted molar refractivity (Wildman–Crippen MR) is 96.1 cm³/mol. The molecule has 5 aromatic rings. The molecule has 3 nitrogen and oxygen atoms in total. The van der Waals surface area contributed by atoms with Gasteiger partial charge in [-0.25, -0.2) is 0 Å². The Labute approximate surface area is 156 Å². The summed E-state index contributed by atoms with van der Waals surface area (Å²) in [7, 11) is 0. The maximum atomic E-state index is 10.4. The second kappa shape index (κ2) is 5.98. The maximum absolute atomic E-state index is 10.4. The van der Waals surface area contributed by atoms with E-state index in [-0.39, 0.29) is 25.2 Å². The summed E-state index contributed by atoms with van der Waals surface area (Å²) in [6.07, 6.45) is 1.71. The largest absolute Gasteiger partial charge is 0.507 e. The minimum absolute atomic E-state index is 0. The van der Waals surface area contributed by atoms with Crippen molar-refractivity contribution in [1.29, 1.82) is 0 Å². The maximum Gasteiger partial charge on any atom is 0.148 e. The second-order valence-corrected chi connectivity index (χ2v) is 5.82. The first-order valence-electron chi connectivity index (χ1n) is 7.80. The Kier molecular flexibility index (Phi) is 3.78. The van der Waals surface area contributed by atoms with Crippen molar-refractivity contribution >= 4 is 32.7 Å². The number of fused-ring (bicyclic) bond motifs is 5. The van der Waals surface area contributed by atoms with Crippen LogP contribution in [0.15, 0.2) is 77.3 Å². The van der Waals surface area contributed by atoms with Gasteiger partial charge in [0.2, 0.25) is 0 Å². The van der Waals surface area contributed by atoms with Gasteiger partial charge in [0.1, 0.15) is 16.9 Å². The molecule has 2 heterocycles. The molecule has 0 unspecified atom stereocenters.